The van der Waals surface area contributed by atoms with Gasteiger partial charge < -0.3 is 25.0 Å². The van der Waals surface area contributed by atoms with Gasteiger partial charge in [0.05, 0.1) is 0 Å². The number of carbonyl (C=O) groups is 3. The third-order valence-corrected chi connectivity index (χ3v) is 6.29. The number of ether oxygens (including phenoxy) is 2. The topological polar surface area (TPSA) is 97.0 Å². The molecule has 0 saturated carbocycles. The Bertz CT molecular complexity index is 1010. The van der Waals surface area contributed by atoms with Gasteiger partial charge in [-0.15, -0.1) is 0 Å². The minimum atomic E-state index is -0.587. The standard InChI is InChI=1S/C26H31N3O5/c1-33-15-5-12-27-24(30)18-10-13-29(14-11-18)26(32)20-7-4-8-21(16-20)28-25(31)23-17-19-6-2-3-9-22(19)34-23/h2-4,6-9,16,18,23H,5,10-15,17H2,1H3,(H,27,30)(H,28,31). The van der Waals surface area contributed by atoms with E-state index >= 15 is 0 Å². The van der Waals surface area contributed by atoms with Gasteiger partial charge in [0, 0.05) is 56.9 Å². The van der Waals surface area contributed by atoms with Crippen molar-refractivity contribution in [2.45, 2.75) is 31.8 Å². The first-order chi connectivity index (χ1) is 16.5. The number of fused-ring (bicyclic) bond motifs is 1. The van der Waals surface area contributed by atoms with Crippen molar-refractivity contribution in [3.8, 4) is 5.75 Å². The summed E-state index contributed by atoms with van der Waals surface area (Å²) in [4.78, 5) is 39.8. The summed E-state index contributed by atoms with van der Waals surface area (Å²) < 4.78 is 10.7. The van der Waals surface area contributed by atoms with Crippen molar-refractivity contribution in [3.05, 3.63) is 59.7 Å². The Morgan fingerprint density at radius 3 is 2.62 bits per heavy atom. The maximum absolute atomic E-state index is 13.0. The summed E-state index contributed by atoms with van der Waals surface area (Å²) in [6, 6.07) is 14.6. The summed E-state index contributed by atoms with van der Waals surface area (Å²) in [5, 5.41) is 5.82. The number of hydrogen-bond donors (Lipinski definition) is 2. The number of methoxy groups -OCH3 is 1. The second-order valence-electron chi connectivity index (χ2n) is 8.69. The van der Waals surface area contributed by atoms with E-state index in [1.165, 1.54) is 0 Å². The molecule has 2 aliphatic rings. The van der Waals surface area contributed by atoms with Crippen LogP contribution in [0, 0.1) is 5.92 Å². The number of anilines is 1. The van der Waals surface area contributed by atoms with Crippen molar-refractivity contribution in [1.29, 1.82) is 0 Å². The van der Waals surface area contributed by atoms with Gasteiger partial charge in [-0.3, -0.25) is 14.4 Å². The maximum Gasteiger partial charge on any atom is 0.265 e. The van der Waals surface area contributed by atoms with Crippen LogP contribution in [0.25, 0.3) is 0 Å². The number of carbonyl (C=O) groups excluding carboxylic acids is 3. The van der Waals surface area contributed by atoms with Crippen LogP contribution in [0.1, 0.15) is 35.2 Å². The lowest BCUT2D eigenvalue weighted by atomic mass is 9.95. The van der Waals surface area contributed by atoms with E-state index in [1.807, 2.05) is 24.3 Å². The monoisotopic (exact) mass is 465 g/mol. The molecule has 8 heteroatoms. The quantitative estimate of drug-likeness (QED) is 0.585. The van der Waals surface area contributed by atoms with Crippen LogP contribution in [0.3, 0.4) is 0 Å². The van der Waals surface area contributed by atoms with E-state index in [-0.39, 0.29) is 23.6 Å². The zero-order valence-electron chi connectivity index (χ0n) is 19.4. The first-order valence-electron chi connectivity index (χ1n) is 11.8. The number of hydrogen-bond acceptors (Lipinski definition) is 5. The first-order valence-corrected chi connectivity index (χ1v) is 11.8. The van der Waals surface area contributed by atoms with E-state index in [2.05, 4.69) is 10.6 Å². The van der Waals surface area contributed by atoms with Gasteiger partial charge in [0.2, 0.25) is 5.91 Å². The number of benzene rings is 2. The lowest BCUT2D eigenvalue weighted by molar-refractivity contribution is -0.126. The fourth-order valence-corrected chi connectivity index (χ4v) is 4.38. The van der Waals surface area contributed by atoms with E-state index in [1.54, 1.807) is 36.3 Å². The van der Waals surface area contributed by atoms with E-state index in [0.29, 0.717) is 56.8 Å². The van der Waals surface area contributed by atoms with E-state index in [9.17, 15) is 14.4 Å². The number of nitrogens with one attached hydrogen (secondary N) is 2. The lowest BCUT2D eigenvalue weighted by Gasteiger charge is -2.31. The molecule has 1 unspecified atom stereocenters. The average molecular weight is 466 g/mol. The highest BCUT2D eigenvalue weighted by molar-refractivity contribution is 5.98. The van der Waals surface area contributed by atoms with E-state index < -0.39 is 6.10 Å². The Balaban J connectivity index is 1.28. The van der Waals surface area contributed by atoms with Gasteiger partial charge in [0.15, 0.2) is 6.10 Å². The van der Waals surface area contributed by atoms with Crippen LogP contribution in [-0.2, 0) is 20.7 Å². The molecule has 0 aromatic heterocycles. The zero-order chi connectivity index (χ0) is 23.9. The van der Waals surface area contributed by atoms with Crippen LogP contribution in [0.5, 0.6) is 5.75 Å². The normalized spacial score (nSPS) is 17.6. The Morgan fingerprint density at radius 1 is 1.06 bits per heavy atom. The van der Waals surface area contributed by atoms with E-state index in [4.69, 9.17) is 9.47 Å². The summed E-state index contributed by atoms with van der Waals surface area (Å²) in [7, 11) is 1.64. The van der Waals surface area contributed by atoms with Gasteiger partial charge in [-0.2, -0.15) is 0 Å². The molecule has 0 spiro atoms. The molecule has 0 bridgehead atoms. The minimum Gasteiger partial charge on any atom is -0.480 e. The van der Waals surface area contributed by atoms with Crippen LogP contribution in [0.4, 0.5) is 5.69 Å². The van der Waals surface area contributed by atoms with E-state index in [0.717, 1.165) is 17.7 Å². The van der Waals surface area contributed by atoms with Crippen LogP contribution in [0.2, 0.25) is 0 Å². The van der Waals surface area contributed by atoms with Gasteiger partial charge in [0.25, 0.3) is 11.8 Å². The summed E-state index contributed by atoms with van der Waals surface area (Å²) in [6.07, 6.45) is 1.99. The Hall–Kier alpha value is -3.39. The molecule has 0 radical (unpaired) electrons. The van der Waals surface area contributed by atoms with Gasteiger partial charge in [-0.1, -0.05) is 24.3 Å². The lowest BCUT2D eigenvalue weighted by Crippen LogP contribution is -2.43. The number of rotatable bonds is 8. The van der Waals surface area contributed by atoms with Gasteiger partial charge in [-0.05, 0) is 49.1 Å². The molecule has 3 amide bonds. The molecule has 1 atom stereocenters. The average Bonchev–Trinajstić information content (AvgIpc) is 3.31. The van der Waals surface area contributed by atoms with Gasteiger partial charge in [0.1, 0.15) is 5.75 Å². The molecule has 2 heterocycles. The summed E-state index contributed by atoms with van der Waals surface area (Å²) in [6.45, 7) is 2.27. The molecule has 2 aromatic carbocycles. The number of nitrogens with zero attached hydrogens (tertiary/aromatic N) is 1. The second kappa shape index (κ2) is 11.2. The molecule has 34 heavy (non-hydrogen) atoms. The highest BCUT2D eigenvalue weighted by atomic mass is 16.5. The number of para-hydroxylation sites is 1. The summed E-state index contributed by atoms with van der Waals surface area (Å²) >= 11 is 0. The molecule has 4 rings (SSSR count). The largest absolute Gasteiger partial charge is 0.480 e. The fraction of sp³-hybridized carbons (Fsp3) is 0.423. The molecule has 0 aliphatic carbocycles. The first kappa shape index (κ1) is 23.8. The third-order valence-electron chi connectivity index (χ3n) is 6.29. The Morgan fingerprint density at radius 2 is 1.85 bits per heavy atom. The van der Waals surface area contributed by atoms with Crippen molar-refractivity contribution in [1.82, 2.24) is 10.2 Å². The van der Waals surface area contributed by atoms with Crippen LogP contribution in [-0.4, -0.2) is 62.1 Å². The Labute approximate surface area is 199 Å². The summed E-state index contributed by atoms with van der Waals surface area (Å²) in [5.41, 5.74) is 2.08. The van der Waals surface area contributed by atoms with Crippen molar-refractivity contribution in [2.24, 2.45) is 5.92 Å². The smallest absolute Gasteiger partial charge is 0.265 e. The van der Waals surface area contributed by atoms with Crippen molar-refractivity contribution >= 4 is 23.4 Å². The molecular weight excluding hydrogens is 434 g/mol. The van der Waals surface area contributed by atoms with Crippen molar-refractivity contribution in [2.75, 3.05) is 38.7 Å². The van der Waals surface area contributed by atoms with Crippen LogP contribution >= 0.6 is 0 Å². The van der Waals surface area contributed by atoms with Crippen LogP contribution < -0.4 is 15.4 Å². The molecule has 1 fully saturated rings. The second-order valence-corrected chi connectivity index (χ2v) is 8.69. The molecule has 2 aliphatic heterocycles. The predicted molar refractivity (Wildman–Crippen MR) is 128 cm³/mol. The SMILES string of the molecule is COCCCNC(=O)C1CCN(C(=O)c2cccc(NC(=O)C3Cc4ccccc4O3)c2)CC1. The van der Waals surface area contributed by atoms with Crippen molar-refractivity contribution < 1.29 is 23.9 Å². The summed E-state index contributed by atoms with van der Waals surface area (Å²) in [5.74, 6) is 0.369. The van der Waals surface area contributed by atoms with Crippen molar-refractivity contribution in [3.63, 3.8) is 0 Å². The predicted octanol–water partition coefficient (Wildman–Crippen LogP) is 2.63. The molecular formula is C26H31N3O5. The number of piperidine rings is 1. The minimum absolute atomic E-state index is 0.0456. The molecule has 2 N–H and O–H groups in total. The van der Waals surface area contributed by atoms with Crippen LogP contribution in [0.15, 0.2) is 48.5 Å². The highest BCUT2D eigenvalue weighted by Crippen LogP contribution is 2.29. The maximum atomic E-state index is 13.0. The Kier molecular flexibility index (Phi) is 7.80. The van der Waals surface area contributed by atoms with Gasteiger partial charge >= 0.3 is 0 Å². The van der Waals surface area contributed by atoms with Gasteiger partial charge in [-0.25, -0.2) is 0 Å². The molecule has 180 valence electrons. The molecule has 1 saturated heterocycles. The molecule has 2 aromatic rings. The fourth-order valence-electron chi connectivity index (χ4n) is 4.38. The number of likely N-dealkylation sites (tertiary alicyclic amines) is 1. The third kappa shape index (κ3) is 5.75. The highest BCUT2D eigenvalue weighted by Gasteiger charge is 2.30. The number of amides is 3. The molecule has 8 nitrogen and oxygen atoms in total. The zero-order valence-corrected chi connectivity index (χ0v) is 19.4.